The molecule has 1 aliphatic carbocycles. The maximum absolute atomic E-state index is 5.86. The summed E-state index contributed by atoms with van der Waals surface area (Å²) in [5.41, 5.74) is 0.238. The van der Waals surface area contributed by atoms with Crippen LogP contribution in [-0.2, 0) is 4.74 Å². The number of alkyl halides is 1. The normalized spacial score (nSPS) is 36.8. The molecule has 0 spiro atoms. The van der Waals surface area contributed by atoms with Crippen molar-refractivity contribution >= 4 is 22.6 Å². The topological polar surface area (TPSA) is 9.23 Å². The van der Waals surface area contributed by atoms with Crippen LogP contribution in [0.15, 0.2) is 0 Å². The molecule has 0 radical (unpaired) electrons. The molecule has 0 aromatic rings. The van der Waals surface area contributed by atoms with Gasteiger partial charge in [0.25, 0.3) is 0 Å². The van der Waals surface area contributed by atoms with Gasteiger partial charge < -0.3 is 4.74 Å². The maximum Gasteiger partial charge on any atom is 0.0771 e. The predicted molar refractivity (Wildman–Crippen MR) is 60.9 cm³/mol. The van der Waals surface area contributed by atoms with Crippen LogP contribution in [0.3, 0.4) is 0 Å². The number of halogens is 1. The highest BCUT2D eigenvalue weighted by atomic mass is 127. The van der Waals surface area contributed by atoms with Gasteiger partial charge >= 0.3 is 0 Å². The molecule has 1 nitrogen and oxygen atoms in total. The van der Waals surface area contributed by atoms with Crippen LogP contribution in [0.2, 0.25) is 0 Å². The van der Waals surface area contributed by atoms with Crippen molar-refractivity contribution in [2.45, 2.75) is 45.1 Å². The van der Waals surface area contributed by atoms with Crippen molar-refractivity contribution in [2.24, 2.45) is 5.92 Å². The van der Waals surface area contributed by atoms with Crippen LogP contribution >= 0.6 is 22.6 Å². The SMILES string of the molecule is CCOC1(CI)CCC(C)CC1. The molecule has 0 atom stereocenters. The molecule has 0 amide bonds. The van der Waals surface area contributed by atoms with E-state index < -0.39 is 0 Å². The fourth-order valence-corrected chi connectivity index (χ4v) is 2.89. The van der Waals surface area contributed by atoms with E-state index in [1.54, 1.807) is 0 Å². The maximum atomic E-state index is 5.86. The molecule has 0 aromatic heterocycles. The molecule has 0 aromatic carbocycles. The number of hydrogen-bond acceptors (Lipinski definition) is 1. The van der Waals surface area contributed by atoms with E-state index in [9.17, 15) is 0 Å². The lowest BCUT2D eigenvalue weighted by molar-refractivity contribution is -0.0514. The van der Waals surface area contributed by atoms with E-state index in [4.69, 9.17) is 4.74 Å². The van der Waals surface area contributed by atoms with Crippen molar-refractivity contribution in [1.82, 2.24) is 0 Å². The molecule has 12 heavy (non-hydrogen) atoms. The number of rotatable bonds is 3. The van der Waals surface area contributed by atoms with Crippen LogP contribution in [0, 0.1) is 5.92 Å². The summed E-state index contributed by atoms with van der Waals surface area (Å²) in [7, 11) is 0. The standard InChI is InChI=1S/C10H19IO/c1-3-12-10(8-11)6-4-9(2)5-7-10/h9H,3-8H2,1-2H3. The summed E-state index contributed by atoms with van der Waals surface area (Å²) < 4.78 is 7.02. The van der Waals surface area contributed by atoms with E-state index >= 15 is 0 Å². The quantitative estimate of drug-likeness (QED) is 0.569. The van der Waals surface area contributed by atoms with E-state index in [1.807, 2.05) is 0 Å². The summed E-state index contributed by atoms with van der Waals surface area (Å²) in [5.74, 6) is 0.918. The van der Waals surface area contributed by atoms with Crippen LogP contribution in [0.25, 0.3) is 0 Å². The largest absolute Gasteiger partial charge is 0.374 e. The second-order valence-corrected chi connectivity index (χ2v) is 4.69. The van der Waals surface area contributed by atoms with E-state index in [1.165, 1.54) is 25.7 Å². The van der Waals surface area contributed by atoms with E-state index in [2.05, 4.69) is 36.4 Å². The lowest BCUT2D eigenvalue weighted by Crippen LogP contribution is -2.38. The summed E-state index contributed by atoms with van der Waals surface area (Å²) >= 11 is 2.46. The molecule has 1 fully saturated rings. The van der Waals surface area contributed by atoms with Crippen LogP contribution in [0.5, 0.6) is 0 Å². The molecule has 0 heterocycles. The Labute approximate surface area is 89.4 Å². The Morgan fingerprint density at radius 1 is 1.42 bits per heavy atom. The highest BCUT2D eigenvalue weighted by Gasteiger charge is 2.33. The Bertz CT molecular complexity index is 128. The first-order valence-corrected chi connectivity index (χ1v) is 6.45. The number of hydrogen-bond donors (Lipinski definition) is 0. The average molecular weight is 282 g/mol. The Morgan fingerprint density at radius 2 is 2.00 bits per heavy atom. The van der Waals surface area contributed by atoms with E-state index in [0.29, 0.717) is 0 Å². The fraction of sp³-hybridized carbons (Fsp3) is 1.00. The van der Waals surface area contributed by atoms with Gasteiger partial charge in [-0.1, -0.05) is 29.5 Å². The van der Waals surface area contributed by atoms with Gasteiger partial charge in [-0.25, -0.2) is 0 Å². The molecule has 1 rings (SSSR count). The van der Waals surface area contributed by atoms with Gasteiger partial charge in [0, 0.05) is 11.0 Å². The third-order valence-corrected chi connectivity index (χ3v) is 4.27. The molecule has 0 unspecified atom stereocenters. The molecular formula is C10H19IO. The van der Waals surface area contributed by atoms with E-state index in [0.717, 1.165) is 17.0 Å². The highest BCUT2D eigenvalue weighted by molar-refractivity contribution is 14.1. The van der Waals surface area contributed by atoms with Crippen LogP contribution in [0.1, 0.15) is 39.5 Å². The minimum Gasteiger partial charge on any atom is -0.374 e. The first kappa shape index (κ1) is 10.8. The molecule has 72 valence electrons. The molecule has 1 aliphatic rings. The van der Waals surface area contributed by atoms with Gasteiger partial charge in [-0.3, -0.25) is 0 Å². The van der Waals surface area contributed by atoms with Crippen molar-refractivity contribution in [1.29, 1.82) is 0 Å². The zero-order valence-corrected chi connectivity index (χ0v) is 10.3. The Kier molecular flexibility index (Phi) is 4.30. The zero-order valence-electron chi connectivity index (χ0n) is 8.11. The minimum atomic E-state index is 0.238. The summed E-state index contributed by atoms with van der Waals surface area (Å²) in [6.45, 7) is 5.33. The minimum absolute atomic E-state index is 0.238. The summed E-state index contributed by atoms with van der Waals surface area (Å²) in [4.78, 5) is 0. The molecule has 1 saturated carbocycles. The Balaban J connectivity index is 2.45. The molecule has 0 N–H and O–H groups in total. The van der Waals surface area contributed by atoms with Crippen LogP contribution in [-0.4, -0.2) is 16.6 Å². The zero-order chi connectivity index (χ0) is 9.03. The lowest BCUT2D eigenvalue weighted by atomic mass is 9.81. The second kappa shape index (κ2) is 4.80. The second-order valence-electron chi connectivity index (χ2n) is 3.93. The van der Waals surface area contributed by atoms with Crippen LogP contribution in [0.4, 0.5) is 0 Å². The monoisotopic (exact) mass is 282 g/mol. The van der Waals surface area contributed by atoms with Gasteiger partial charge in [0.1, 0.15) is 0 Å². The molecule has 0 bridgehead atoms. The van der Waals surface area contributed by atoms with Crippen molar-refractivity contribution in [3.8, 4) is 0 Å². The smallest absolute Gasteiger partial charge is 0.0771 e. The molecular weight excluding hydrogens is 263 g/mol. The third kappa shape index (κ3) is 2.59. The first-order chi connectivity index (χ1) is 5.72. The highest BCUT2D eigenvalue weighted by Crippen LogP contribution is 2.35. The van der Waals surface area contributed by atoms with Crippen molar-refractivity contribution in [3.63, 3.8) is 0 Å². The summed E-state index contributed by atoms with van der Waals surface area (Å²) in [5, 5.41) is 0. The van der Waals surface area contributed by atoms with Gasteiger partial charge in [0.05, 0.1) is 5.60 Å². The Morgan fingerprint density at radius 3 is 2.42 bits per heavy atom. The molecule has 0 aliphatic heterocycles. The van der Waals surface area contributed by atoms with Gasteiger partial charge in [-0.15, -0.1) is 0 Å². The van der Waals surface area contributed by atoms with Gasteiger partial charge in [-0.05, 0) is 38.5 Å². The first-order valence-electron chi connectivity index (χ1n) is 4.92. The molecule has 0 saturated heterocycles. The summed E-state index contributed by atoms with van der Waals surface area (Å²) in [6, 6.07) is 0. The predicted octanol–water partition coefficient (Wildman–Crippen LogP) is 3.41. The third-order valence-electron chi connectivity index (χ3n) is 2.88. The van der Waals surface area contributed by atoms with Crippen molar-refractivity contribution < 1.29 is 4.74 Å². The fourth-order valence-electron chi connectivity index (χ4n) is 1.91. The number of ether oxygens (including phenoxy) is 1. The summed E-state index contributed by atoms with van der Waals surface area (Å²) in [6.07, 6.45) is 5.24. The van der Waals surface area contributed by atoms with Crippen LogP contribution < -0.4 is 0 Å². The molecule has 2 heteroatoms. The van der Waals surface area contributed by atoms with Gasteiger partial charge in [0.2, 0.25) is 0 Å². The van der Waals surface area contributed by atoms with Crippen molar-refractivity contribution in [2.75, 3.05) is 11.0 Å². The Hall–Kier alpha value is 0.690. The lowest BCUT2D eigenvalue weighted by Gasteiger charge is -2.37. The van der Waals surface area contributed by atoms with Gasteiger partial charge in [0.15, 0.2) is 0 Å². The average Bonchev–Trinajstić information content (AvgIpc) is 2.10. The van der Waals surface area contributed by atoms with Gasteiger partial charge in [-0.2, -0.15) is 0 Å². The van der Waals surface area contributed by atoms with Crippen molar-refractivity contribution in [3.05, 3.63) is 0 Å². The van der Waals surface area contributed by atoms with E-state index in [-0.39, 0.29) is 5.60 Å².